The van der Waals surface area contributed by atoms with Gasteiger partial charge in [-0.3, -0.25) is 0 Å². The van der Waals surface area contributed by atoms with E-state index in [9.17, 15) is 14.3 Å². The van der Waals surface area contributed by atoms with Crippen molar-refractivity contribution in [3.05, 3.63) is 69.9 Å². The van der Waals surface area contributed by atoms with Gasteiger partial charge in [0, 0.05) is 11.0 Å². The van der Waals surface area contributed by atoms with Gasteiger partial charge >= 0.3 is 6.09 Å². The SMILES string of the molecule is C[C@@H](c1ccc(Br)cc1)N(CCC(O)c1ccc(F)cc1)C(=O)OC(C)(C)C. The number of halogens is 2. The summed E-state index contributed by atoms with van der Waals surface area (Å²) in [5.41, 5.74) is 0.955. The number of benzene rings is 2. The Balaban J connectivity index is 2.16. The minimum absolute atomic E-state index is 0.233. The molecule has 6 heteroatoms. The van der Waals surface area contributed by atoms with E-state index in [2.05, 4.69) is 15.9 Å². The molecule has 4 nitrogen and oxygen atoms in total. The number of aliphatic hydroxyl groups is 1. The molecule has 1 N–H and O–H groups in total. The van der Waals surface area contributed by atoms with Gasteiger partial charge in [-0.15, -0.1) is 0 Å². The Kier molecular flexibility index (Phi) is 7.61. The van der Waals surface area contributed by atoms with Gasteiger partial charge < -0.3 is 14.7 Å². The standard InChI is InChI=1S/C22H27BrFNO3/c1-15(16-5-9-18(23)10-6-16)25(21(27)28-22(2,3)4)14-13-20(26)17-7-11-19(24)12-8-17/h5-12,15,20,26H,13-14H2,1-4H3/t15-,20?/m0/s1. The van der Waals surface area contributed by atoms with E-state index in [1.807, 2.05) is 52.0 Å². The minimum atomic E-state index is -0.803. The molecule has 0 spiro atoms. The Morgan fingerprint density at radius 2 is 1.64 bits per heavy atom. The van der Waals surface area contributed by atoms with Crippen LogP contribution in [0.5, 0.6) is 0 Å². The largest absolute Gasteiger partial charge is 0.444 e. The molecule has 152 valence electrons. The first-order valence-corrected chi connectivity index (χ1v) is 10.0. The number of aliphatic hydroxyl groups excluding tert-OH is 1. The van der Waals surface area contributed by atoms with Crippen molar-refractivity contribution in [2.24, 2.45) is 0 Å². The fraction of sp³-hybridized carbons (Fsp3) is 0.409. The maximum absolute atomic E-state index is 13.1. The van der Waals surface area contributed by atoms with Crippen LogP contribution in [0.3, 0.4) is 0 Å². The summed E-state index contributed by atoms with van der Waals surface area (Å²) in [4.78, 5) is 14.4. The van der Waals surface area contributed by atoms with Crippen molar-refractivity contribution >= 4 is 22.0 Å². The predicted molar refractivity (Wildman–Crippen MR) is 111 cm³/mol. The second kappa shape index (κ2) is 9.52. The molecule has 28 heavy (non-hydrogen) atoms. The fourth-order valence-electron chi connectivity index (χ4n) is 2.80. The highest BCUT2D eigenvalue weighted by atomic mass is 79.9. The summed E-state index contributed by atoms with van der Waals surface area (Å²) in [6, 6.07) is 13.2. The van der Waals surface area contributed by atoms with E-state index in [1.165, 1.54) is 12.1 Å². The molecule has 1 amide bonds. The molecule has 2 atom stereocenters. The third-order valence-corrected chi connectivity index (χ3v) is 4.87. The normalized spacial score (nSPS) is 13.7. The molecule has 1 unspecified atom stereocenters. The summed E-state index contributed by atoms with van der Waals surface area (Å²) in [7, 11) is 0. The first-order valence-electron chi connectivity index (χ1n) is 9.25. The summed E-state index contributed by atoms with van der Waals surface area (Å²) in [5, 5.41) is 10.5. The summed E-state index contributed by atoms with van der Waals surface area (Å²) in [6.45, 7) is 7.68. The van der Waals surface area contributed by atoms with Crippen LogP contribution in [0.2, 0.25) is 0 Å². The van der Waals surface area contributed by atoms with Crippen molar-refractivity contribution in [3.8, 4) is 0 Å². The van der Waals surface area contributed by atoms with Gasteiger partial charge in [-0.25, -0.2) is 9.18 Å². The number of ether oxygens (including phenoxy) is 1. The Bertz CT molecular complexity index is 772. The minimum Gasteiger partial charge on any atom is -0.444 e. The Hall–Kier alpha value is -1.92. The van der Waals surface area contributed by atoms with Gasteiger partial charge in [0.2, 0.25) is 0 Å². The van der Waals surface area contributed by atoms with Gasteiger partial charge in [-0.05, 0) is 69.5 Å². The van der Waals surface area contributed by atoms with Crippen LogP contribution in [-0.4, -0.2) is 28.2 Å². The number of hydrogen-bond acceptors (Lipinski definition) is 3. The maximum atomic E-state index is 13.1. The van der Waals surface area contributed by atoms with Crippen LogP contribution < -0.4 is 0 Å². The zero-order valence-electron chi connectivity index (χ0n) is 16.7. The molecule has 0 heterocycles. The van der Waals surface area contributed by atoms with E-state index in [-0.39, 0.29) is 11.9 Å². The molecule has 0 radical (unpaired) electrons. The highest BCUT2D eigenvalue weighted by Gasteiger charge is 2.27. The lowest BCUT2D eigenvalue weighted by molar-refractivity contribution is 0.0140. The second-order valence-electron chi connectivity index (χ2n) is 7.76. The Morgan fingerprint density at radius 1 is 1.11 bits per heavy atom. The highest BCUT2D eigenvalue weighted by molar-refractivity contribution is 9.10. The monoisotopic (exact) mass is 451 g/mol. The van der Waals surface area contributed by atoms with Crippen LogP contribution in [0.15, 0.2) is 53.0 Å². The first kappa shape index (κ1) is 22.4. The molecule has 2 aromatic rings. The topological polar surface area (TPSA) is 49.8 Å². The van der Waals surface area contributed by atoms with Gasteiger partial charge in [-0.2, -0.15) is 0 Å². The van der Waals surface area contributed by atoms with Gasteiger partial charge in [-0.1, -0.05) is 40.2 Å². The fourth-order valence-corrected chi connectivity index (χ4v) is 3.06. The lowest BCUT2D eigenvalue weighted by Crippen LogP contribution is -2.39. The van der Waals surface area contributed by atoms with Crippen LogP contribution in [0.1, 0.15) is 57.4 Å². The number of nitrogens with zero attached hydrogens (tertiary/aromatic N) is 1. The number of hydrogen-bond donors (Lipinski definition) is 1. The van der Waals surface area contributed by atoms with Crippen molar-refractivity contribution in [2.45, 2.75) is 51.9 Å². The highest BCUT2D eigenvalue weighted by Crippen LogP contribution is 2.26. The molecular weight excluding hydrogens is 425 g/mol. The van der Waals surface area contributed by atoms with E-state index in [0.717, 1.165) is 10.0 Å². The average molecular weight is 452 g/mol. The molecule has 0 fully saturated rings. The zero-order valence-corrected chi connectivity index (χ0v) is 18.2. The number of rotatable bonds is 6. The molecule has 0 aliphatic rings. The number of amides is 1. The first-order chi connectivity index (χ1) is 13.1. The van der Waals surface area contributed by atoms with Crippen molar-refractivity contribution in [1.29, 1.82) is 0 Å². The molecule has 0 saturated carbocycles. The number of carbonyl (C=O) groups excluding carboxylic acids is 1. The third-order valence-electron chi connectivity index (χ3n) is 4.35. The van der Waals surface area contributed by atoms with Crippen LogP contribution in [0, 0.1) is 5.82 Å². The molecule has 0 aliphatic heterocycles. The Labute approximate surface area is 174 Å². The van der Waals surface area contributed by atoms with Crippen LogP contribution >= 0.6 is 15.9 Å². The van der Waals surface area contributed by atoms with E-state index >= 15 is 0 Å². The van der Waals surface area contributed by atoms with Crippen LogP contribution in [-0.2, 0) is 4.74 Å². The Morgan fingerprint density at radius 3 is 2.18 bits per heavy atom. The summed E-state index contributed by atoms with van der Waals surface area (Å²) in [6.07, 6.45) is -0.928. The van der Waals surface area contributed by atoms with Gasteiger partial charge in [0.15, 0.2) is 0 Å². The van der Waals surface area contributed by atoms with Gasteiger partial charge in [0.1, 0.15) is 11.4 Å². The third kappa shape index (κ3) is 6.60. The lowest BCUT2D eigenvalue weighted by atomic mass is 10.0. The zero-order chi connectivity index (χ0) is 20.9. The smallest absolute Gasteiger partial charge is 0.410 e. The summed E-state index contributed by atoms with van der Waals surface area (Å²) in [5.74, 6) is -0.352. The quantitative estimate of drug-likeness (QED) is 0.584. The van der Waals surface area contributed by atoms with Gasteiger partial charge in [0.05, 0.1) is 12.1 Å². The molecular formula is C22H27BrFNO3. The van der Waals surface area contributed by atoms with Crippen LogP contribution in [0.25, 0.3) is 0 Å². The second-order valence-corrected chi connectivity index (χ2v) is 8.67. The molecule has 2 rings (SSSR count). The maximum Gasteiger partial charge on any atom is 0.410 e. The van der Waals surface area contributed by atoms with E-state index in [0.29, 0.717) is 18.5 Å². The molecule has 0 aromatic heterocycles. The summed E-state index contributed by atoms with van der Waals surface area (Å²) >= 11 is 3.42. The van der Waals surface area contributed by atoms with Gasteiger partial charge in [0.25, 0.3) is 0 Å². The van der Waals surface area contributed by atoms with Crippen LogP contribution in [0.4, 0.5) is 9.18 Å². The molecule has 2 aromatic carbocycles. The molecule has 0 bridgehead atoms. The summed E-state index contributed by atoms with van der Waals surface area (Å²) < 4.78 is 19.6. The number of carbonyl (C=O) groups is 1. The van der Waals surface area contributed by atoms with Crippen molar-refractivity contribution in [3.63, 3.8) is 0 Å². The average Bonchev–Trinajstić information content (AvgIpc) is 2.61. The van der Waals surface area contributed by atoms with E-state index in [4.69, 9.17) is 4.74 Å². The van der Waals surface area contributed by atoms with E-state index in [1.54, 1.807) is 17.0 Å². The van der Waals surface area contributed by atoms with Crippen molar-refractivity contribution in [2.75, 3.05) is 6.54 Å². The van der Waals surface area contributed by atoms with Crippen molar-refractivity contribution < 1.29 is 19.0 Å². The predicted octanol–water partition coefficient (Wildman–Crippen LogP) is 6.01. The van der Waals surface area contributed by atoms with E-state index < -0.39 is 17.8 Å². The molecule has 0 saturated heterocycles. The molecule has 0 aliphatic carbocycles. The van der Waals surface area contributed by atoms with Crippen molar-refractivity contribution in [1.82, 2.24) is 4.90 Å². The lowest BCUT2D eigenvalue weighted by Gasteiger charge is -2.32.